The van der Waals surface area contributed by atoms with Crippen molar-refractivity contribution < 1.29 is 9.90 Å². The molecule has 3 nitrogen and oxygen atoms in total. The average molecular weight is 272 g/mol. The second-order valence-corrected chi connectivity index (χ2v) is 3.98. The van der Waals surface area contributed by atoms with Crippen LogP contribution in [0.15, 0.2) is 36.4 Å². The average Bonchev–Trinajstić information content (AvgIpc) is 2.26. The molecule has 1 rings (SSSR count). The van der Waals surface area contributed by atoms with E-state index in [0.29, 0.717) is 5.69 Å². The van der Waals surface area contributed by atoms with Gasteiger partial charge in [0.15, 0.2) is 5.75 Å². The van der Waals surface area contributed by atoms with E-state index < -0.39 is 0 Å². The molecule has 1 aromatic rings. The van der Waals surface area contributed by atoms with Gasteiger partial charge in [-0.15, -0.1) is 0 Å². The number of anilines is 1. The number of nitrogens with one attached hydrogen (secondary N) is 1. The van der Waals surface area contributed by atoms with Crippen LogP contribution in [0.3, 0.4) is 0 Å². The summed E-state index contributed by atoms with van der Waals surface area (Å²) in [5.41, 5.74) is 0.424. The summed E-state index contributed by atoms with van der Waals surface area (Å²) in [6.45, 7) is 1.85. The Morgan fingerprint density at radius 1 is 1.29 bits per heavy atom. The second-order valence-electron chi connectivity index (χ2n) is 3.16. The van der Waals surface area contributed by atoms with Crippen molar-refractivity contribution in [3.63, 3.8) is 0 Å². The number of halogens is 2. The van der Waals surface area contributed by atoms with Crippen LogP contribution < -0.4 is 5.32 Å². The highest BCUT2D eigenvalue weighted by molar-refractivity contribution is 6.37. The van der Waals surface area contributed by atoms with Crippen molar-refractivity contribution in [2.45, 2.75) is 6.92 Å². The lowest BCUT2D eigenvalue weighted by atomic mass is 10.3. The van der Waals surface area contributed by atoms with Gasteiger partial charge in [-0.1, -0.05) is 41.4 Å². The maximum atomic E-state index is 11.4. The lowest BCUT2D eigenvalue weighted by Crippen LogP contribution is -2.07. The highest BCUT2D eigenvalue weighted by atomic mass is 35.5. The Kier molecular flexibility index (Phi) is 5.07. The van der Waals surface area contributed by atoms with Gasteiger partial charge in [0.05, 0.1) is 10.0 Å². The third-order valence-electron chi connectivity index (χ3n) is 1.84. The van der Waals surface area contributed by atoms with Gasteiger partial charge in [-0.3, -0.25) is 4.79 Å². The summed E-state index contributed by atoms with van der Waals surface area (Å²) in [7, 11) is 0. The zero-order valence-electron chi connectivity index (χ0n) is 9.08. The molecule has 0 aromatic heterocycles. The Morgan fingerprint density at radius 3 is 2.41 bits per heavy atom. The summed E-state index contributed by atoms with van der Waals surface area (Å²) in [6, 6.07) is 2.84. The van der Waals surface area contributed by atoms with E-state index in [1.165, 1.54) is 18.2 Å². The summed E-state index contributed by atoms with van der Waals surface area (Å²) in [4.78, 5) is 11.4. The number of carbonyl (C=O) groups is 1. The molecule has 5 heteroatoms. The number of phenolic OH excluding ortho intramolecular Hbond substituents is 1. The van der Waals surface area contributed by atoms with Crippen LogP contribution in [0.1, 0.15) is 6.92 Å². The summed E-state index contributed by atoms with van der Waals surface area (Å²) in [5, 5.41) is 12.1. The van der Waals surface area contributed by atoms with Gasteiger partial charge >= 0.3 is 0 Å². The third kappa shape index (κ3) is 4.13. The molecule has 0 bridgehead atoms. The topological polar surface area (TPSA) is 49.3 Å². The van der Waals surface area contributed by atoms with Crippen molar-refractivity contribution in [2.24, 2.45) is 0 Å². The zero-order valence-corrected chi connectivity index (χ0v) is 10.6. The third-order valence-corrected chi connectivity index (χ3v) is 2.41. The quantitative estimate of drug-likeness (QED) is 0.500. The minimum Gasteiger partial charge on any atom is -0.505 e. The lowest BCUT2D eigenvalue weighted by Gasteiger charge is -2.05. The highest BCUT2D eigenvalue weighted by Gasteiger charge is 2.07. The van der Waals surface area contributed by atoms with E-state index in [-0.39, 0.29) is 21.7 Å². The molecule has 1 aromatic carbocycles. The van der Waals surface area contributed by atoms with Crippen LogP contribution in [0.5, 0.6) is 5.75 Å². The largest absolute Gasteiger partial charge is 0.505 e. The first kappa shape index (κ1) is 13.6. The molecule has 0 saturated heterocycles. The van der Waals surface area contributed by atoms with Crippen molar-refractivity contribution >= 4 is 34.8 Å². The smallest absolute Gasteiger partial charge is 0.248 e. The lowest BCUT2D eigenvalue weighted by molar-refractivity contribution is -0.111. The number of amides is 1. The standard InChI is InChI=1S/C12H11Cl2NO2/c1-2-3-4-5-11(16)15-8-6-9(13)12(17)10(14)7-8/h2-7,17H,1H3,(H,15,16). The molecule has 0 aliphatic rings. The van der Waals surface area contributed by atoms with Gasteiger partial charge in [0.25, 0.3) is 0 Å². The Morgan fingerprint density at radius 2 is 1.88 bits per heavy atom. The summed E-state index contributed by atoms with van der Waals surface area (Å²) in [5.74, 6) is -0.503. The van der Waals surface area contributed by atoms with Crippen LogP contribution >= 0.6 is 23.2 Å². The molecule has 17 heavy (non-hydrogen) atoms. The second kappa shape index (κ2) is 6.33. The van der Waals surface area contributed by atoms with Crippen molar-refractivity contribution in [1.82, 2.24) is 0 Å². The molecule has 0 fully saturated rings. The Balaban J connectivity index is 2.79. The number of benzene rings is 1. The fourth-order valence-electron chi connectivity index (χ4n) is 1.08. The Hall–Kier alpha value is -1.45. The first-order chi connectivity index (χ1) is 8.04. The monoisotopic (exact) mass is 271 g/mol. The molecule has 0 atom stereocenters. The molecule has 2 N–H and O–H groups in total. The summed E-state index contributed by atoms with van der Waals surface area (Å²) >= 11 is 11.4. The van der Waals surface area contributed by atoms with E-state index in [1.54, 1.807) is 18.2 Å². The van der Waals surface area contributed by atoms with E-state index >= 15 is 0 Å². The molecule has 0 radical (unpaired) electrons. The molecular formula is C12H11Cl2NO2. The van der Waals surface area contributed by atoms with Gasteiger partial charge < -0.3 is 10.4 Å². The zero-order chi connectivity index (χ0) is 12.8. The van der Waals surface area contributed by atoms with Crippen LogP contribution in [-0.2, 0) is 4.79 Å². The van der Waals surface area contributed by atoms with E-state index in [9.17, 15) is 9.90 Å². The van der Waals surface area contributed by atoms with E-state index in [2.05, 4.69) is 5.32 Å². The van der Waals surface area contributed by atoms with Crippen molar-refractivity contribution in [3.05, 3.63) is 46.5 Å². The van der Waals surface area contributed by atoms with E-state index in [0.717, 1.165) is 0 Å². The van der Waals surface area contributed by atoms with Crippen LogP contribution in [-0.4, -0.2) is 11.0 Å². The molecule has 0 aliphatic heterocycles. The molecule has 0 spiro atoms. The molecule has 0 aliphatic carbocycles. The summed E-state index contributed by atoms with van der Waals surface area (Å²) in [6.07, 6.45) is 6.52. The van der Waals surface area contributed by atoms with E-state index in [4.69, 9.17) is 23.2 Å². The first-order valence-corrected chi connectivity index (χ1v) is 5.58. The van der Waals surface area contributed by atoms with Gasteiger partial charge in [0, 0.05) is 11.8 Å². The SMILES string of the molecule is CC=CC=CC(=O)Nc1cc(Cl)c(O)c(Cl)c1. The molecule has 0 unspecified atom stereocenters. The highest BCUT2D eigenvalue weighted by Crippen LogP contribution is 2.34. The molecule has 0 saturated carbocycles. The fourth-order valence-corrected chi connectivity index (χ4v) is 1.56. The Bertz CT molecular complexity index is 458. The molecule has 1 amide bonds. The number of rotatable bonds is 3. The van der Waals surface area contributed by atoms with Gasteiger partial charge in [-0.25, -0.2) is 0 Å². The number of hydrogen-bond donors (Lipinski definition) is 2. The van der Waals surface area contributed by atoms with Crippen LogP contribution in [0.2, 0.25) is 10.0 Å². The first-order valence-electron chi connectivity index (χ1n) is 4.83. The van der Waals surface area contributed by atoms with Gasteiger partial charge in [-0.05, 0) is 19.1 Å². The normalized spacial score (nSPS) is 11.2. The number of carbonyl (C=O) groups excluding carboxylic acids is 1. The number of allylic oxidation sites excluding steroid dienone is 3. The molecule has 90 valence electrons. The number of hydrogen-bond acceptors (Lipinski definition) is 2. The van der Waals surface area contributed by atoms with Crippen molar-refractivity contribution in [3.8, 4) is 5.75 Å². The fraction of sp³-hybridized carbons (Fsp3) is 0.0833. The predicted molar refractivity (Wildman–Crippen MR) is 70.7 cm³/mol. The molecular weight excluding hydrogens is 261 g/mol. The van der Waals surface area contributed by atoms with Crippen LogP contribution in [0, 0.1) is 0 Å². The minimum atomic E-state index is -0.305. The predicted octanol–water partition coefficient (Wildman–Crippen LogP) is 3.77. The maximum Gasteiger partial charge on any atom is 0.248 e. The van der Waals surface area contributed by atoms with Crippen molar-refractivity contribution in [1.29, 1.82) is 0 Å². The van der Waals surface area contributed by atoms with Crippen molar-refractivity contribution in [2.75, 3.05) is 5.32 Å². The van der Waals surface area contributed by atoms with E-state index in [1.807, 2.05) is 6.92 Å². The number of phenols is 1. The minimum absolute atomic E-state index is 0.0882. The van der Waals surface area contributed by atoms with Gasteiger partial charge in [-0.2, -0.15) is 0 Å². The van der Waals surface area contributed by atoms with Gasteiger partial charge in [0.2, 0.25) is 5.91 Å². The number of aromatic hydroxyl groups is 1. The Labute approximate surface area is 109 Å². The van der Waals surface area contributed by atoms with Gasteiger partial charge in [0.1, 0.15) is 0 Å². The summed E-state index contributed by atoms with van der Waals surface area (Å²) < 4.78 is 0. The maximum absolute atomic E-state index is 11.4. The molecule has 0 heterocycles. The van der Waals surface area contributed by atoms with Crippen LogP contribution in [0.4, 0.5) is 5.69 Å². The van der Waals surface area contributed by atoms with Crippen LogP contribution in [0.25, 0.3) is 0 Å².